The summed E-state index contributed by atoms with van der Waals surface area (Å²) in [6.07, 6.45) is -0.331. The van der Waals surface area contributed by atoms with Gasteiger partial charge in [0.2, 0.25) is 17.7 Å². The molecule has 1 aromatic carbocycles. The van der Waals surface area contributed by atoms with E-state index >= 15 is 0 Å². The molecule has 1 aromatic heterocycles. The van der Waals surface area contributed by atoms with Crippen molar-refractivity contribution >= 4 is 23.8 Å². The molecule has 0 fully saturated rings. The molecule has 1 aliphatic rings. The Bertz CT molecular complexity index is 1170. The van der Waals surface area contributed by atoms with Crippen LogP contribution in [0.5, 0.6) is 5.75 Å². The molecule has 0 aliphatic carbocycles. The van der Waals surface area contributed by atoms with E-state index in [1.54, 1.807) is 0 Å². The maximum Gasteiger partial charge on any atom is 0.308 e. The lowest BCUT2D eigenvalue weighted by atomic mass is 10.0. The van der Waals surface area contributed by atoms with Crippen molar-refractivity contribution in [3.05, 3.63) is 69.8 Å². The summed E-state index contributed by atoms with van der Waals surface area (Å²) in [4.78, 5) is 48.1. The highest BCUT2D eigenvalue weighted by molar-refractivity contribution is 5.71. The summed E-state index contributed by atoms with van der Waals surface area (Å²) >= 11 is 0. The van der Waals surface area contributed by atoms with Crippen LogP contribution >= 0.6 is 0 Å². The SMILES string of the molecule is CC(=O)OC[C@H]1OC(n2ccc(O)c(CCc3ccccc3)c2=O)=C(OC(C)=O)C1OC(C)=O. The van der Waals surface area contributed by atoms with E-state index in [0.29, 0.717) is 6.42 Å². The second-order valence-electron chi connectivity index (χ2n) is 7.59. The van der Waals surface area contributed by atoms with Gasteiger partial charge in [0.25, 0.3) is 5.56 Å². The Morgan fingerprint density at radius 1 is 1.00 bits per heavy atom. The molecule has 1 aliphatic heterocycles. The number of carbonyl (C=O) groups excluding carboxylic acids is 3. The fourth-order valence-corrected chi connectivity index (χ4v) is 3.49. The third-order valence-electron chi connectivity index (χ3n) is 4.96. The summed E-state index contributed by atoms with van der Waals surface area (Å²) in [5.74, 6) is -2.66. The lowest BCUT2D eigenvalue weighted by molar-refractivity contribution is -0.157. The van der Waals surface area contributed by atoms with Gasteiger partial charge in [-0.25, -0.2) is 0 Å². The number of carbonyl (C=O) groups is 3. The number of aryl methyl sites for hydroxylation is 1. The van der Waals surface area contributed by atoms with Crippen molar-refractivity contribution in [3.63, 3.8) is 0 Å². The van der Waals surface area contributed by atoms with Crippen molar-refractivity contribution in [3.8, 4) is 5.75 Å². The first-order valence-corrected chi connectivity index (χ1v) is 10.5. The molecule has 180 valence electrons. The Balaban J connectivity index is 2.02. The quantitative estimate of drug-likeness (QED) is 0.453. The lowest BCUT2D eigenvalue weighted by Crippen LogP contribution is -2.34. The van der Waals surface area contributed by atoms with Crippen LogP contribution in [0, 0.1) is 0 Å². The summed E-state index contributed by atoms with van der Waals surface area (Å²) in [7, 11) is 0. The lowest BCUT2D eigenvalue weighted by Gasteiger charge is -2.19. The highest BCUT2D eigenvalue weighted by Crippen LogP contribution is 2.32. The number of aromatic hydroxyl groups is 1. The van der Waals surface area contributed by atoms with Crippen LogP contribution in [-0.2, 0) is 46.2 Å². The third kappa shape index (κ3) is 5.83. The van der Waals surface area contributed by atoms with E-state index in [1.807, 2.05) is 30.3 Å². The minimum Gasteiger partial charge on any atom is -0.507 e. The molecule has 0 bridgehead atoms. The van der Waals surface area contributed by atoms with Gasteiger partial charge < -0.3 is 24.1 Å². The van der Waals surface area contributed by atoms with E-state index in [0.717, 1.165) is 24.0 Å². The van der Waals surface area contributed by atoms with Crippen LogP contribution < -0.4 is 5.56 Å². The fraction of sp³-hybridized carbons (Fsp3) is 0.333. The van der Waals surface area contributed by atoms with E-state index in [9.17, 15) is 24.3 Å². The predicted molar refractivity (Wildman–Crippen MR) is 118 cm³/mol. The number of aromatic nitrogens is 1. The summed E-state index contributed by atoms with van der Waals surface area (Å²) in [5.41, 5.74) is 0.493. The van der Waals surface area contributed by atoms with E-state index in [4.69, 9.17) is 18.9 Å². The molecule has 0 saturated heterocycles. The highest BCUT2D eigenvalue weighted by Gasteiger charge is 2.44. The average Bonchev–Trinajstić information content (AvgIpc) is 3.08. The molecule has 10 nitrogen and oxygen atoms in total. The minimum atomic E-state index is -1.25. The summed E-state index contributed by atoms with van der Waals surface area (Å²) in [6, 6.07) is 10.7. The first-order valence-electron chi connectivity index (χ1n) is 10.5. The number of benzene rings is 1. The van der Waals surface area contributed by atoms with Crippen molar-refractivity contribution in [2.24, 2.45) is 0 Å². The van der Waals surface area contributed by atoms with Crippen LogP contribution in [0.2, 0.25) is 0 Å². The van der Waals surface area contributed by atoms with Gasteiger partial charge in [0.05, 0.1) is 5.56 Å². The van der Waals surface area contributed by atoms with Crippen molar-refractivity contribution < 1.29 is 38.4 Å². The van der Waals surface area contributed by atoms with Crippen LogP contribution in [0.4, 0.5) is 0 Å². The Labute approximate surface area is 195 Å². The number of hydrogen-bond donors (Lipinski definition) is 1. The first-order chi connectivity index (χ1) is 16.2. The molecule has 0 saturated carbocycles. The molecule has 34 heavy (non-hydrogen) atoms. The monoisotopic (exact) mass is 471 g/mol. The van der Waals surface area contributed by atoms with Gasteiger partial charge in [-0.05, 0) is 24.5 Å². The second kappa shape index (κ2) is 10.7. The Morgan fingerprint density at radius 3 is 2.32 bits per heavy atom. The molecular formula is C24H25NO9. The normalized spacial score (nSPS) is 17.1. The highest BCUT2D eigenvalue weighted by atomic mass is 16.6. The van der Waals surface area contributed by atoms with Gasteiger partial charge in [-0.15, -0.1) is 0 Å². The molecule has 0 radical (unpaired) electrons. The van der Waals surface area contributed by atoms with E-state index in [-0.39, 0.29) is 36.0 Å². The summed E-state index contributed by atoms with van der Waals surface area (Å²) in [5, 5.41) is 10.3. The molecule has 1 N–H and O–H groups in total. The van der Waals surface area contributed by atoms with Gasteiger partial charge in [-0.3, -0.25) is 23.7 Å². The smallest absolute Gasteiger partial charge is 0.308 e. The number of pyridine rings is 1. The van der Waals surface area contributed by atoms with Crippen molar-refractivity contribution in [2.75, 3.05) is 6.61 Å². The number of nitrogens with zero attached hydrogens (tertiary/aromatic N) is 1. The zero-order chi connectivity index (χ0) is 24.8. The van der Waals surface area contributed by atoms with Gasteiger partial charge in [-0.1, -0.05) is 30.3 Å². The predicted octanol–water partition coefficient (Wildman–Crippen LogP) is 1.92. The van der Waals surface area contributed by atoms with Gasteiger partial charge in [0, 0.05) is 27.0 Å². The third-order valence-corrected chi connectivity index (χ3v) is 4.96. The number of rotatable bonds is 8. The fourth-order valence-electron chi connectivity index (χ4n) is 3.49. The Kier molecular flexibility index (Phi) is 7.72. The van der Waals surface area contributed by atoms with Gasteiger partial charge in [0.15, 0.2) is 6.10 Å². The maximum absolute atomic E-state index is 13.3. The molecule has 2 aromatic rings. The van der Waals surface area contributed by atoms with Gasteiger partial charge in [0.1, 0.15) is 12.4 Å². The van der Waals surface area contributed by atoms with Crippen LogP contribution in [0.15, 0.2) is 53.1 Å². The molecule has 3 rings (SSSR count). The summed E-state index contributed by atoms with van der Waals surface area (Å²) < 4.78 is 22.4. The van der Waals surface area contributed by atoms with E-state index < -0.39 is 35.7 Å². The Hall–Kier alpha value is -4.08. The van der Waals surface area contributed by atoms with Crippen LogP contribution in [0.1, 0.15) is 31.9 Å². The Morgan fingerprint density at radius 2 is 1.71 bits per heavy atom. The standard InChI is InChI=1S/C24H25NO9/c1-14(26)31-13-20-21(32-15(2)27)22(33-16(3)28)24(34-20)25-12-11-19(29)18(23(25)30)10-9-17-7-5-4-6-8-17/h4-8,11-12,20-21,29H,9-10,13H2,1-3H3/t20-,21?/m1/s1. The summed E-state index contributed by atoms with van der Waals surface area (Å²) in [6.45, 7) is 3.16. The van der Waals surface area contributed by atoms with Crippen LogP contribution in [0.25, 0.3) is 5.88 Å². The zero-order valence-corrected chi connectivity index (χ0v) is 19.0. The van der Waals surface area contributed by atoms with Crippen LogP contribution in [-0.4, -0.2) is 46.4 Å². The number of esters is 3. The molecule has 2 atom stereocenters. The van der Waals surface area contributed by atoms with E-state index in [2.05, 4.69) is 0 Å². The zero-order valence-electron chi connectivity index (χ0n) is 19.0. The van der Waals surface area contributed by atoms with Gasteiger partial charge in [-0.2, -0.15) is 0 Å². The number of ether oxygens (including phenoxy) is 4. The maximum atomic E-state index is 13.3. The molecule has 0 spiro atoms. The number of hydrogen-bond acceptors (Lipinski definition) is 9. The van der Waals surface area contributed by atoms with Crippen molar-refractivity contribution in [1.82, 2.24) is 4.57 Å². The second-order valence-corrected chi connectivity index (χ2v) is 7.59. The van der Waals surface area contributed by atoms with Crippen molar-refractivity contribution in [1.29, 1.82) is 0 Å². The first kappa shape index (κ1) is 24.6. The minimum absolute atomic E-state index is 0.122. The topological polar surface area (TPSA) is 130 Å². The van der Waals surface area contributed by atoms with Crippen LogP contribution in [0.3, 0.4) is 0 Å². The van der Waals surface area contributed by atoms with Crippen molar-refractivity contribution in [2.45, 2.75) is 45.8 Å². The largest absolute Gasteiger partial charge is 0.507 e. The van der Waals surface area contributed by atoms with E-state index in [1.165, 1.54) is 19.2 Å². The molecule has 1 unspecified atom stereocenters. The van der Waals surface area contributed by atoms with Gasteiger partial charge >= 0.3 is 17.9 Å². The molecule has 0 amide bonds. The molecule has 2 heterocycles. The molecule has 10 heteroatoms. The average molecular weight is 471 g/mol. The molecular weight excluding hydrogens is 446 g/mol.